The van der Waals surface area contributed by atoms with Gasteiger partial charge in [0.2, 0.25) is 5.91 Å². The second kappa shape index (κ2) is 9.71. The molecule has 0 aliphatic carbocycles. The Labute approximate surface area is 178 Å². The van der Waals surface area contributed by atoms with Gasteiger partial charge in [0, 0.05) is 19.5 Å². The van der Waals surface area contributed by atoms with Crippen LogP contribution in [0.4, 0.5) is 13.2 Å². The van der Waals surface area contributed by atoms with Crippen LogP contribution in [0, 0.1) is 5.82 Å². The smallest absolute Gasteiger partial charge is 0.267 e. The Balaban J connectivity index is 0.000000171. The van der Waals surface area contributed by atoms with Crippen molar-refractivity contribution >= 4 is 17.5 Å². The number of phenolic OH excluding ortho intramolecular Hbond substituents is 1. The van der Waals surface area contributed by atoms with Crippen molar-refractivity contribution < 1.29 is 23.1 Å². The van der Waals surface area contributed by atoms with E-state index in [1.54, 1.807) is 23.1 Å². The quantitative estimate of drug-likeness (QED) is 0.727. The van der Waals surface area contributed by atoms with E-state index in [0.717, 1.165) is 18.5 Å². The summed E-state index contributed by atoms with van der Waals surface area (Å²) in [6, 6.07) is 10.7. The number of aromatic hydroxyl groups is 1. The summed E-state index contributed by atoms with van der Waals surface area (Å²) < 4.78 is 40.2. The summed E-state index contributed by atoms with van der Waals surface area (Å²) in [5.41, 5.74) is 1.38. The van der Waals surface area contributed by atoms with E-state index in [1.807, 2.05) is 0 Å². The van der Waals surface area contributed by atoms with Gasteiger partial charge in [-0.1, -0.05) is 29.8 Å². The molecular weight excluding hydrogens is 417 g/mol. The number of alkyl halides is 2. The monoisotopic (exact) mass is 440 g/mol. The summed E-state index contributed by atoms with van der Waals surface area (Å²) in [5.74, 6) is -3.61. The molecule has 1 unspecified atom stereocenters. The van der Waals surface area contributed by atoms with Gasteiger partial charge in [-0.15, -0.1) is 0 Å². The highest BCUT2D eigenvalue weighted by Crippen LogP contribution is 2.38. The number of nitrogens with one attached hydrogen (secondary N) is 1. The van der Waals surface area contributed by atoms with Crippen molar-refractivity contribution in [1.29, 1.82) is 0 Å². The normalized spacial score (nSPS) is 20.6. The first-order valence-corrected chi connectivity index (χ1v) is 10.2. The summed E-state index contributed by atoms with van der Waals surface area (Å²) in [4.78, 5) is 13.1. The number of phenols is 1. The Morgan fingerprint density at radius 3 is 2.53 bits per heavy atom. The molecule has 1 amide bonds. The van der Waals surface area contributed by atoms with E-state index >= 15 is 0 Å². The molecule has 2 aromatic rings. The fourth-order valence-corrected chi connectivity index (χ4v) is 3.80. The molecule has 2 fully saturated rings. The van der Waals surface area contributed by atoms with Gasteiger partial charge in [0.15, 0.2) is 0 Å². The van der Waals surface area contributed by atoms with Gasteiger partial charge in [-0.2, -0.15) is 0 Å². The number of carbonyl (C=O) groups excluding carboxylic acids is 1. The van der Waals surface area contributed by atoms with Crippen molar-refractivity contribution in [3.8, 4) is 5.75 Å². The molecule has 2 aromatic carbocycles. The average Bonchev–Trinajstić information content (AvgIpc) is 3.10. The van der Waals surface area contributed by atoms with Crippen LogP contribution in [-0.4, -0.2) is 41.5 Å². The Hall–Kier alpha value is -2.25. The highest BCUT2D eigenvalue weighted by atomic mass is 35.5. The SMILES string of the molecule is O=C1CCCN1Cc1ccc(Cl)c(F)c1.Oc1ccc(C2CCNCC2(F)F)cc1. The van der Waals surface area contributed by atoms with Crippen LogP contribution in [0.3, 0.4) is 0 Å². The van der Waals surface area contributed by atoms with Gasteiger partial charge in [0.25, 0.3) is 5.92 Å². The standard InChI is InChI=1S/C11H11ClFNO.C11H13F2NO/c12-9-4-3-8(6-10(9)13)7-14-5-1-2-11(14)15;12-11(13)7-14-6-5-10(11)8-1-3-9(15)4-2-8/h3-4,6H,1-2,5,7H2;1-4,10,14-15H,5-7H2. The molecule has 0 radical (unpaired) electrons. The summed E-state index contributed by atoms with van der Waals surface area (Å²) in [6.45, 7) is 1.59. The molecule has 0 aromatic heterocycles. The highest BCUT2D eigenvalue weighted by molar-refractivity contribution is 6.30. The minimum Gasteiger partial charge on any atom is -0.508 e. The molecule has 2 aliphatic heterocycles. The number of hydrogen-bond donors (Lipinski definition) is 2. The molecule has 1 atom stereocenters. The first-order chi connectivity index (χ1) is 14.3. The number of hydrogen-bond acceptors (Lipinski definition) is 3. The number of nitrogens with zero attached hydrogens (tertiary/aromatic N) is 1. The fraction of sp³-hybridized carbons (Fsp3) is 0.409. The maximum absolute atomic E-state index is 13.5. The van der Waals surface area contributed by atoms with E-state index in [1.165, 1.54) is 24.3 Å². The third kappa shape index (κ3) is 5.67. The lowest BCUT2D eigenvalue weighted by molar-refractivity contribution is -0.128. The second-order valence-electron chi connectivity index (χ2n) is 7.54. The van der Waals surface area contributed by atoms with E-state index in [2.05, 4.69) is 5.32 Å². The number of amides is 1. The summed E-state index contributed by atoms with van der Waals surface area (Å²) in [5, 5.41) is 11.9. The first kappa shape index (κ1) is 22.4. The lowest BCUT2D eigenvalue weighted by Crippen LogP contribution is -2.44. The predicted molar refractivity (Wildman–Crippen MR) is 109 cm³/mol. The Bertz CT molecular complexity index is 877. The van der Waals surface area contributed by atoms with Gasteiger partial charge in [-0.25, -0.2) is 13.2 Å². The van der Waals surface area contributed by atoms with Gasteiger partial charge < -0.3 is 15.3 Å². The number of likely N-dealkylation sites (tertiary alicyclic amines) is 1. The Kier molecular flexibility index (Phi) is 7.26. The number of benzene rings is 2. The van der Waals surface area contributed by atoms with Crippen molar-refractivity contribution in [2.75, 3.05) is 19.6 Å². The average molecular weight is 441 g/mol. The van der Waals surface area contributed by atoms with Crippen LogP contribution >= 0.6 is 11.6 Å². The van der Waals surface area contributed by atoms with Gasteiger partial charge >= 0.3 is 0 Å². The van der Waals surface area contributed by atoms with Crippen LogP contribution in [0.5, 0.6) is 5.75 Å². The Morgan fingerprint density at radius 1 is 1.20 bits per heavy atom. The minimum atomic E-state index is -2.70. The van der Waals surface area contributed by atoms with Crippen LogP contribution in [0.25, 0.3) is 0 Å². The largest absolute Gasteiger partial charge is 0.508 e. The number of rotatable bonds is 3. The number of carbonyl (C=O) groups is 1. The van der Waals surface area contributed by atoms with E-state index in [0.29, 0.717) is 31.5 Å². The van der Waals surface area contributed by atoms with Crippen LogP contribution in [0.2, 0.25) is 5.02 Å². The lowest BCUT2D eigenvalue weighted by Gasteiger charge is -2.32. The van der Waals surface area contributed by atoms with Crippen molar-refractivity contribution in [1.82, 2.24) is 10.2 Å². The van der Waals surface area contributed by atoms with E-state index < -0.39 is 17.7 Å². The van der Waals surface area contributed by atoms with E-state index in [9.17, 15) is 18.0 Å². The molecular formula is C22H24ClF3N2O2. The molecule has 30 heavy (non-hydrogen) atoms. The molecule has 2 heterocycles. The molecule has 2 aliphatic rings. The lowest BCUT2D eigenvalue weighted by atomic mass is 9.87. The third-order valence-corrected chi connectivity index (χ3v) is 5.61. The number of halogens is 4. The Morgan fingerprint density at radius 2 is 1.93 bits per heavy atom. The fourth-order valence-electron chi connectivity index (χ4n) is 3.68. The summed E-state index contributed by atoms with van der Waals surface area (Å²) in [7, 11) is 0. The van der Waals surface area contributed by atoms with Gasteiger partial charge in [0.05, 0.1) is 17.5 Å². The zero-order valence-corrected chi connectivity index (χ0v) is 17.1. The van der Waals surface area contributed by atoms with Gasteiger partial charge in [-0.3, -0.25) is 4.79 Å². The maximum Gasteiger partial charge on any atom is 0.267 e. The third-order valence-electron chi connectivity index (χ3n) is 5.30. The van der Waals surface area contributed by atoms with Crippen LogP contribution < -0.4 is 5.32 Å². The first-order valence-electron chi connectivity index (χ1n) is 9.85. The molecule has 8 heteroatoms. The highest BCUT2D eigenvalue weighted by Gasteiger charge is 2.42. The van der Waals surface area contributed by atoms with Gasteiger partial charge in [-0.05, 0) is 54.8 Å². The minimum absolute atomic E-state index is 0.107. The molecule has 0 saturated carbocycles. The molecule has 4 nitrogen and oxygen atoms in total. The van der Waals surface area contributed by atoms with Crippen LogP contribution in [0.1, 0.15) is 36.3 Å². The number of piperidine rings is 1. The van der Waals surface area contributed by atoms with E-state index in [4.69, 9.17) is 16.7 Å². The van der Waals surface area contributed by atoms with Crippen molar-refractivity contribution in [3.63, 3.8) is 0 Å². The van der Waals surface area contributed by atoms with Crippen LogP contribution in [-0.2, 0) is 11.3 Å². The zero-order valence-electron chi connectivity index (χ0n) is 16.4. The molecule has 2 N–H and O–H groups in total. The molecule has 0 spiro atoms. The zero-order chi connectivity index (χ0) is 21.7. The molecule has 162 valence electrons. The van der Waals surface area contributed by atoms with Crippen molar-refractivity contribution in [2.24, 2.45) is 0 Å². The summed E-state index contributed by atoms with van der Waals surface area (Å²) >= 11 is 5.57. The van der Waals surface area contributed by atoms with Crippen molar-refractivity contribution in [2.45, 2.75) is 37.6 Å². The molecule has 0 bridgehead atoms. The predicted octanol–water partition coefficient (Wildman–Crippen LogP) is 4.71. The van der Waals surface area contributed by atoms with E-state index in [-0.39, 0.29) is 23.2 Å². The van der Waals surface area contributed by atoms with Crippen LogP contribution in [0.15, 0.2) is 42.5 Å². The maximum atomic E-state index is 13.5. The molecule has 4 rings (SSSR count). The van der Waals surface area contributed by atoms with Crippen molar-refractivity contribution in [3.05, 3.63) is 64.4 Å². The molecule has 2 saturated heterocycles. The van der Waals surface area contributed by atoms with Gasteiger partial charge in [0.1, 0.15) is 11.6 Å². The second-order valence-corrected chi connectivity index (χ2v) is 7.95. The summed E-state index contributed by atoms with van der Waals surface area (Å²) in [6.07, 6.45) is 1.93. The topological polar surface area (TPSA) is 52.6 Å².